The van der Waals surface area contributed by atoms with Gasteiger partial charge in [-0.3, -0.25) is 4.79 Å². The molecule has 0 saturated heterocycles. The lowest BCUT2D eigenvalue weighted by atomic mass is 9.80. The van der Waals surface area contributed by atoms with Crippen molar-refractivity contribution in [2.75, 3.05) is 7.05 Å². The smallest absolute Gasteiger partial charge is 0.146 e. The molecule has 0 bridgehead atoms. The number of hydrogen-bond donors (Lipinski definition) is 1. The number of nitrogens with one attached hydrogen (secondary N) is 1. The summed E-state index contributed by atoms with van der Waals surface area (Å²) < 4.78 is 0. The van der Waals surface area contributed by atoms with Crippen LogP contribution in [-0.4, -0.2) is 19.4 Å². The highest BCUT2D eigenvalue weighted by atomic mass is 16.1. The molecule has 2 unspecified atom stereocenters. The van der Waals surface area contributed by atoms with Gasteiger partial charge in [0.25, 0.3) is 0 Å². The Kier molecular flexibility index (Phi) is 5.13. The molecule has 96 valence electrons. The average molecular weight is 235 g/mol. The zero-order valence-electron chi connectivity index (χ0n) is 11.5. The molecule has 2 nitrogen and oxygen atoms in total. The molecule has 1 aliphatic rings. The van der Waals surface area contributed by atoms with E-state index in [4.69, 9.17) is 0 Å². The summed E-state index contributed by atoms with van der Waals surface area (Å²) in [4.78, 5) is 11.1. The molecule has 0 aromatic heterocycles. The van der Waals surface area contributed by atoms with Gasteiger partial charge in [-0.05, 0) is 50.6 Å². The maximum Gasteiger partial charge on any atom is 0.146 e. The van der Waals surface area contributed by atoms with Crippen molar-refractivity contribution in [1.29, 1.82) is 0 Å². The molecule has 1 aliphatic carbocycles. The average Bonchev–Trinajstić information content (AvgIpc) is 2.37. The SMILES string of the molecule is CCC1(C)C=C(C)CC(C=O)=CC(NC)CC1. The van der Waals surface area contributed by atoms with Crippen LogP contribution < -0.4 is 5.32 Å². The Bertz CT molecular complexity index is 330. The summed E-state index contributed by atoms with van der Waals surface area (Å²) in [5, 5.41) is 3.28. The van der Waals surface area contributed by atoms with Crippen LogP contribution in [0.5, 0.6) is 0 Å². The Balaban J connectivity index is 2.99. The van der Waals surface area contributed by atoms with Gasteiger partial charge in [-0.2, -0.15) is 0 Å². The predicted octanol–water partition coefficient (Wildman–Crippen LogP) is 3.25. The molecule has 17 heavy (non-hydrogen) atoms. The maximum atomic E-state index is 11.1. The van der Waals surface area contributed by atoms with E-state index in [9.17, 15) is 4.79 Å². The van der Waals surface area contributed by atoms with Gasteiger partial charge >= 0.3 is 0 Å². The second-order valence-electron chi connectivity index (χ2n) is 5.47. The first-order valence-corrected chi connectivity index (χ1v) is 6.54. The number of hydrogen-bond acceptors (Lipinski definition) is 2. The number of likely N-dealkylation sites (N-methyl/N-ethyl adjacent to an activating group) is 1. The minimum absolute atomic E-state index is 0.269. The van der Waals surface area contributed by atoms with Gasteiger partial charge in [0.15, 0.2) is 0 Å². The molecule has 2 heteroatoms. The molecule has 1 rings (SSSR count). The standard InChI is InChI=1S/C15H25NO/c1-5-15(3)7-6-14(16-4)9-13(11-17)8-12(2)10-15/h9-11,14,16H,5-8H2,1-4H3. The van der Waals surface area contributed by atoms with Crippen LogP contribution in [0, 0.1) is 5.41 Å². The second-order valence-corrected chi connectivity index (χ2v) is 5.47. The normalized spacial score (nSPS) is 30.7. The molecule has 0 saturated carbocycles. The third-order valence-corrected chi connectivity index (χ3v) is 3.85. The van der Waals surface area contributed by atoms with Gasteiger partial charge in [-0.15, -0.1) is 0 Å². The quantitative estimate of drug-likeness (QED) is 0.601. The first kappa shape index (κ1) is 14.2. The van der Waals surface area contributed by atoms with Crippen LogP contribution in [0.2, 0.25) is 0 Å². The highest BCUT2D eigenvalue weighted by Gasteiger charge is 2.22. The van der Waals surface area contributed by atoms with Gasteiger partial charge in [0.1, 0.15) is 6.29 Å². The summed E-state index contributed by atoms with van der Waals surface area (Å²) in [5.41, 5.74) is 2.48. The summed E-state index contributed by atoms with van der Waals surface area (Å²) in [6.45, 7) is 6.68. The molecule has 0 amide bonds. The number of allylic oxidation sites excluding steroid dienone is 3. The van der Waals surface area contributed by atoms with Crippen LogP contribution >= 0.6 is 0 Å². The highest BCUT2D eigenvalue weighted by Crippen LogP contribution is 2.33. The molecule has 0 aliphatic heterocycles. The van der Waals surface area contributed by atoms with Crippen molar-refractivity contribution in [3.05, 3.63) is 23.3 Å². The van der Waals surface area contributed by atoms with E-state index in [0.29, 0.717) is 6.04 Å². The molecular formula is C15H25NO. The lowest BCUT2D eigenvalue weighted by molar-refractivity contribution is -0.105. The number of aldehydes is 1. The van der Waals surface area contributed by atoms with E-state index in [0.717, 1.165) is 37.5 Å². The van der Waals surface area contributed by atoms with Crippen LogP contribution in [-0.2, 0) is 4.79 Å². The first-order chi connectivity index (χ1) is 8.03. The summed E-state index contributed by atoms with van der Waals surface area (Å²) in [6.07, 6.45) is 9.63. The van der Waals surface area contributed by atoms with Crippen LogP contribution in [0.3, 0.4) is 0 Å². The van der Waals surface area contributed by atoms with E-state index >= 15 is 0 Å². The summed E-state index contributed by atoms with van der Waals surface area (Å²) in [7, 11) is 1.96. The van der Waals surface area contributed by atoms with Gasteiger partial charge < -0.3 is 5.32 Å². The van der Waals surface area contributed by atoms with Gasteiger partial charge in [-0.1, -0.05) is 31.6 Å². The summed E-state index contributed by atoms with van der Waals surface area (Å²) >= 11 is 0. The first-order valence-electron chi connectivity index (χ1n) is 6.54. The monoisotopic (exact) mass is 235 g/mol. The van der Waals surface area contributed by atoms with E-state index in [-0.39, 0.29) is 5.41 Å². The lowest BCUT2D eigenvalue weighted by Crippen LogP contribution is -2.25. The zero-order chi connectivity index (χ0) is 12.9. The molecule has 1 N–H and O–H groups in total. The molecule has 0 aromatic rings. The van der Waals surface area contributed by atoms with E-state index in [1.54, 1.807) is 0 Å². The predicted molar refractivity (Wildman–Crippen MR) is 73.0 cm³/mol. The molecular weight excluding hydrogens is 210 g/mol. The Morgan fingerprint density at radius 1 is 1.59 bits per heavy atom. The van der Waals surface area contributed by atoms with Crippen LogP contribution in [0.25, 0.3) is 0 Å². The van der Waals surface area contributed by atoms with Crippen molar-refractivity contribution in [1.82, 2.24) is 5.32 Å². The maximum absolute atomic E-state index is 11.1. The van der Waals surface area contributed by atoms with Gasteiger partial charge in [-0.25, -0.2) is 0 Å². The van der Waals surface area contributed by atoms with E-state index < -0.39 is 0 Å². The minimum Gasteiger partial charge on any atom is -0.314 e. The largest absolute Gasteiger partial charge is 0.314 e. The Morgan fingerprint density at radius 2 is 2.29 bits per heavy atom. The van der Waals surface area contributed by atoms with Crippen molar-refractivity contribution in [3.63, 3.8) is 0 Å². The number of rotatable bonds is 3. The molecule has 0 spiro atoms. The molecule has 0 fully saturated rings. The fourth-order valence-corrected chi connectivity index (χ4v) is 2.51. The van der Waals surface area contributed by atoms with E-state index in [1.165, 1.54) is 5.57 Å². The van der Waals surface area contributed by atoms with Gasteiger partial charge in [0.2, 0.25) is 0 Å². The number of carbonyl (C=O) groups excluding carboxylic acids is 1. The molecule has 0 radical (unpaired) electrons. The van der Waals surface area contributed by atoms with Crippen LogP contribution in [0.1, 0.15) is 46.5 Å². The van der Waals surface area contributed by atoms with Crippen molar-refractivity contribution >= 4 is 6.29 Å². The lowest BCUT2D eigenvalue weighted by Gasteiger charge is -2.26. The van der Waals surface area contributed by atoms with E-state index in [1.807, 2.05) is 7.05 Å². The second kappa shape index (κ2) is 6.15. The fraction of sp³-hybridized carbons (Fsp3) is 0.667. The van der Waals surface area contributed by atoms with E-state index in [2.05, 4.69) is 38.2 Å². The molecule has 2 atom stereocenters. The van der Waals surface area contributed by atoms with Crippen molar-refractivity contribution in [2.45, 2.75) is 52.5 Å². The third kappa shape index (κ3) is 4.12. The molecule has 0 heterocycles. The highest BCUT2D eigenvalue weighted by molar-refractivity contribution is 5.74. The zero-order valence-corrected chi connectivity index (χ0v) is 11.5. The Hall–Kier alpha value is -0.890. The number of carbonyl (C=O) groups is 1. The van der Waals surface area contributed by atoms with Gasteiger partial charge in [0, 0.05) is 6.04 Å². The van der Waals surface area contributed by atoms with Crippen LogP contribution in [0.15, 0.2) is 23.3 Å². The molecule has 0 aromatic carbocycles. The minimum atomic E-state index is 0.269. The topological polar surface area (TPSA) is 29.1 Å². The van der Waals surface area contributed by atoms with Crippen molar-refractivity contribution < 1.29 is 4.79 Å². The van der Waals surface area contributed by atoms with Gasteiger partial charge in [0.05, 0.1) is 0 Å². The Morgan fingerprint density at radius 3 is 2.82 bits per heavy atom. The summed E-state index contributed by atoms with van der Waals surface area (Å²) in [6, 6.07) is 0.320. The van der Waals surface area contributed by atoms with Crippen molar-refractivity contribution in [3.8, 4) is 0 Å². The van der Waals surface area contributed by atoms with Crippen LogP contribution in [0.4, 0.5) is 0 Å². The van der Waals surface area contributed by atoms with Crippen molar-refractivity contribution in [2.24, 2.45) is 5.41 Å². The fourth-order valence-electron chi connectivity index (χ4n) is 2.51. The summed E-state index contributed by atoms with van der Waals surface area (Å²) in [5.74, 6) is 0. The third-order valence-electron chi connectivity index (χ3n) is 3.85. The Labute approximate surface area is 105 Å².